The Balaban J connectivity index is 1.96. The number of carbonyl (C=O) groups is 1. The Labute approximate surface area is 194 Å². The molecule has 0 atom stereocenters. The van der Waals surface area contributed by atoms with Crippen LogP contribution in [0.2, 0.25) is 5.02 Å². The fourth-order valence-corrected chi connectivity index (χ4v) is 3.39. The SMILES string of the molecule is CCC(C)(C)C(=O)CCc1ccc(Cl)c(-c2nc(-c3cccc(C(F)(F)F)c3)nc(=O)[nH]2)c1. The van der Waals surface area contributed by atoms with Crippen molar-refractivity contribution in [3.8, 4) is 22.8 Å². The Morgan fingerprint density at radius 1 is 1.09 bits per heavy atom. The van der Waals surface area contributed by atoms with E-state index in [0.29, 0.717) is 23.4 Å². The van der Waals surface area contributed by atoms with Crippen molar-refractivity contribution < 1.29 is 18.0 Å². The molecule has 1 N–H and O–H groups in total. The van der Waals surface area contributed by atoms with Crippen molar-refractivity contribution in [2.45, 2.75) is 46.2 Å². The highest BCUT2D eigenvalue weighted by molar-refractivity contribution is 6.33. The number of Topliss-reactive ketones (excluding diaryl/α,β-unsaturated/α-hetero) is 1. The summed E-state index contributed by atoms with van der Waals surface area (Å²) in [6.07, 6.45) is -2.99. The maximum atomic E-state index is 13.1. The van der Waals surface area contributed by atoms with E-state index in [1.807, 2.05) is 20.8 Å². The van der Waals surface area contributed by atoms with Crippen LogP contribution in [0.25, 0.3) is 22.8 Å². The third kappa shape index (κ3) is 5.87. The zero-order valence-corrected chi connectivity index (χ0v) is 19.1. The van der Waals surface area contributed by atoms with Crippen molar-refractivity contribution in [2.24, 2.45) is 5.41 Å². The second-order valence-corrected chi connectivity index (χ2v) is 8.79. The van der Waals surface area contributed by atoms with Crippen LogP contribution in [0.5, 0.6) is 0 Å². The normalized spacial score (nSPS) is 12.1. The number of hydrogen-bond donors (Lipinski definition) is 1. The summed E-state index contributed by atoms with van der Waals surface area (Å²) in [6, 6.07) is 9.56. The lowest BCUT2D eigenvalue weighted by Gasteiger charge is -2.20. The summed E-state index contributed by atoms with van der Waals surface area (Å²) in [5, 5.41) is 0.295. The number of aryl methyl sites for hydroxylation is 1. The second kappa shape index (κ2) is 9.47. The summed E-state index contributed by atoms with van der Waals surface area (Å²) in [5.74, 6) is 0.0689. The summed E-state index contributed by atoms with van der Waals surface area (Å²) in [6.45, 7) is 5.78. The van der Waals surface area contributed by atoms with E-state index in [1.54, 1.807) is 18.2 Å². The van der Waals surface area contributed by atoms with E-state index in [0.717, 1.165) is 24.1 Å². The van der Waals surface area contributed by atoms with Crippen molar-refractivity contribution >= 4 is 17.4 Å². The molecule has 0 aliphatic rings. The zero-order valence-electron chi connectivity index (χ0n) is 18.4. The van der Waals surface area contributed by atoms with Gasteiger partial charge in [-0.1, -0.05) is 50.6 Å². The van der Waals surface area contributed by atoms with Crippen LogP contribution in [0.3, 0.4) is 0 Å². The van der Waals surface area contributed by atoms with E-state index in [2.05, 4.69) is 15.0 Å². The molecule has 174 valence electrons. The van der Waals surface area contributed by atoms with Crippen molar-refractivity contribution in [3.05, 3.63) is 69.1 Å². The lowest BCUT2D eigenvalue weighted by Crippen LogP contribution is -2.23. The average Bonchev–Trinajstić information content (AvgIpc) is 2.77. The quantitative estimate of drug-likeness (QED) is 0.445. The minimum atomic E-state index is -4.54. The number of halogens is 4. The Kier molecular flexibility index (Phi) is 7.07. The number of aromatic nitrogens is 3. The number of nitrogens with zero attached hydrogens (tertiary/aromatic N) is 2. The van der Waals surface area contributed by atoms with Gasteiger partial charge in [0.25, 0.3) is 0 Å². The number of alkyl halides is 3. The smallest absolute Gasteiger partial charge is 0.299 e. The van der Waals surface area contributed by atoms with Crippen LogP contribution in [0, 0.1) is 5.41 Å². The molecule has 0 saturated carbocycles. The lowest BCUT2D eigenvalue weighted by atomic mass is 9.83. The number of benzene rings is 2. The van der Waals surface area contributed by atoms with Gasteiger partial charge in [0, 0.05) is 23.0 Å². The van der Waals surface area contributed by atoms with E-state index in [4.69, 9.17) is 11.6 Å². The number of aromatic amines is 1. The minimum absolute atomic E-state index is 0.0526. The van der Waals surface area contributed by atoms with Gasteiger partial charge in [0.15, 0.2) is 5.82 Å². The number of carbonyl (C=O) groups excluding carboxylic acids is 1. The molecule has 5 nitrogen and oxygen atoms in total. The molecule has 0 unspecified atom stereocenters. The van der Waals surface area contributed by atoms with Gasteiger partial charge >= 0.3 is 11.9 Å². The first-order valence-electron chi connectivity index (χ1n) is 10.4. The van der Waals surface area contributed by atoms with Crippen LogP contribution in [-0.2, 0) is 17.4 Å². The van der Waals surface area contributed by atoms with Crippen molar-refractivity contribution in [3.63, 3.8) is 0 Å². The molecule has 0 amide bonds. The lowest BCUT2D eigenvalue weighted by molar-refractivity contribution is -0.137. The molecule has 0 aliphatic heterocycles. The molecule has 33 heavy (non-hydrogen) atoms. The number of ketones is 1. The van der Waals surface area contributed by atoms with Crippen molar-refractivity contribution in [1.82, 2.24) is 15.0 Å². The van der Waals surface area contributed by atoms with Gasteiger partial charge < -0.3 is 0 Å². The molecule has 3 rings (SSSR count). The van der Waals surface area contributed by atoms with E-state index in [9.17, 15) is 22.8 Å². The van der Waals surface area contributed by atoms with Crippen LogP contribution < -0.4 is 5.69 Å². The molecular weight excluding hydrogens is 455 g/mol. The summed E-state index contributed by atoms with van der Waals surface area (Å²) in [4.78, 5) is 35.1. The summed E-state index contributed by atoms with van der Waals surface area (Å²) >= 11 is 6.33. The fraction of sp³-hybridized carbons (Fsp3) is 0.333. The first-order chi connectivity index (χ1) is 15.4. The maximum absolute atomic E-state index is 13.1. The molecular formula is C24H23ClF3N3O2. The van der Waals surface area contributed by atoms with E-state index >= 15 is 0 Å². The standard InChI is InChI=1S/C24H23ClF3N3O2/c1-4-23(2,3)19(32)11-9-14-8-10-18(25)17(12-14)21-29-20(30-22(33)31-21)15-6-5-7-16(13-15)24(26,27)28/h5-8,10,12-13H,4,9,11H2,1-3H3,(H,29,30,31,33). The van der Waals surface area contributed by atoms with E-state index in [-0.39, 0.29) is 23.0 Å². The molecule has 0 aliphatic carbocycles. The van der Waals surface area contributed by atoms with Gasteiger partial charge in [-0.2, -0.15) is 18.2 Å². The third-order valence-electron chi connectivity index (χ3n) is 5.66. The Morgan fingerprint density at radius 3 is 2.48 bits per heavy atom. The molecule has 0 radical (unpaired) electrons. The van der Waals surface area contributed by atoms with Gasteiger partial charge in [0.1, 0.15) is 11.6 Å². The summed E-state index contributed by atoms with van der Waals surface area (Å²) in [7, 11) is 0. The van der Waals surface area contributed by atoms with Crippen LogP contribution in [-0.4, -0.2) is 20.7 Å². The average molecular weight is 478 g/mol. The first kappa shape index (κ1) is 24.6. The topological polar surface area (TPSA) is 75.7 Å². The molecule has 0 saturated heterocycles. The minimum Gasteiger partial charge on any atom is -0.299 e. The Morgan fingerprint density at radius 2 is 1.82 bits per heavy atom. The van der Waals surface area contributed by atoms with Crippen LogP contribution in [0.1, 0.15) is 44.7 Å². The number of hydrogen-bond acceptors (Lipinski definition) is 4. The van der Waals surface area contributed by atoms with Gasteiger partial charge in [0.05, 0.1) is 10.6 Å². The molecule has 2 aromatic carbocycles. The molecule has 1 heterocycles. The Bertz CT molecular complexity index is 1240. The van der Waals surface area contributed by atoms with Crippen LogP contribution in [0.4, 0.5) is 13.2 Å². The predicted octanol–water partition coefficient (Wildman–Crippen LogP) is 6.11. The highest BCUT2D eigenvalue weighted by Crippen LogP contribution is 2.32. The predicted molar refractivity (Wildman–Crippen MR) is 121 cm³/mol. The van der Waals surface area contributed by atoms with Crippen LogP contribution >= 0.6 is 11.6 Å². The van der Waals surface area contributed by atoms with Gasteiger partial charge in [-0.3, -0.25) is 9.78 Å². The molecule has 0 spiro atoms. The van der Waals surface area contributed by atoms with E-state index < -0.39 is 22.8 Å². The van der Waals surface area contributed by atoms with Crippen molar-refractivity contribution in [2.75, 3.05) is 0 Å². The van der Waals surface area contributed by atoms with Gasteiger partial charge in [-0.15, -0.1) is 0 Å². The highest BCUT2D eigenvalue weighted by atomic mass is 35.5. The van der Waals surface area contributed by atoms with E-state index in [1.165, 1.54) is 12.1 Å². The largest absolute Gasteiger partial charge is 0.416 e. The molecule has 0 fully saturated rings. The van der Waals surface area contributed by atoms with Gasteiger partial charge in [-0.05, 0) is 42.7 Å². The monoisotopic (exact) mass is 477 g/mol. The zero-order chi connectivity index (χ0) is 24.4. The number of nitrogens with one attached hydrogen (secondary N) is 1. The first-order valence-corrected chi connectivity index (χ1v) is 10.8. The summed E-state index contributed by atoms with van der Waals surface area (Å²) < 4.78 is 39.2. The third-order valence-corrected chi connectivity index (χ3v) is 5.99. The Hall–Kier alpha value is -3.00. The molecule has 9 heteroatoms. The van der Waals surface area contributed by atoms with Gasteiger partial charge in [-0.25, -0.2) is 9.78 Å². The highest BCUT2D eigenvalue weighted by Gasteiger charge is 2.30. The molecule has 3 aromatic rings. The van der Waals surface area contributed by atoms with Crippen molar-refractivity contribution in [1.29, 1.82) is 0 Å². The molecule has 0 bridgehead atoms. The number of rotatable bonds is 7. The molecule has 1 aromatic heterocycles. The number of H-pyrrole nitrogens is 1. The second-order valence-electron chi connectivity index (χ2n) is 8.38. The summed E-state index contributed by atoms with van der Waals surface area (Å²) in [5.41, 5.74) is -0.790. The van der Waals surface area contributed by atoms with Gasteiger partial charge in [0.2, 0.25) is 0 Å². The van der Waals surface area contributed by atoms with Crippen LogP contribution in [0.15, 0.2) is 47.3 Å². The fourth-order valence-electron chi connectivity index (χ4n) is 3.18. The maximum Gasteiger partial charge on any atom is 0.416 e.